The summed E-state index contributed by atoms with van der Waals surface area (Å²) in [6, 6.07) is 96.5. The number of rotatable bonds is 46. The summed E-state index contributed by atoms with van der Waals surface area (Å²) in [7, 11) is 0. The van der Waals surface area contributed by atoms with Gasteiger partial charge in [-0.05, 0) is 196 Å². The van der Waals surface area contributed by atoms with Crippen LogP contribution in [0.15, 0.2) is 267 Å². The van der Waals surface area contributed by atoms with Crippen molar-refractivity contribution in [2.45, 2.75) is 180 Å². The molecule has 0 N–H and O–H groups in total. The molecular weight excluding hydrogens is 1220 g/mol. The normalized spacial score (nSPS) is 11.3. The molecule has 6 heteroatoms. The van der Waals surface area contributed by atoms with Gasteiger partial charge in [-0.3, -0.25) is 0 Å². The Morgan fingerprint density at radius 1 is 0.170 bits per heavy atom. The summed E-state index contributed by atoms with van der Waals surface area (Å²) in [5.41, 5.74) is 12.2. The standard InChI is InChI=1S/C94H108N2O4/c1(9-21-41-77-45-25-17-26-46-77)5-13-37-73-97-85-65-57-81(58-66-85)95(82-59-67-86(68-60-82)98-74-38-14-6-2-10-22-42-78-47-27-18-28-48-78)93-89-53-33-35-55-91(89)94(92-56-36-34-54-90(92)93)96(83-61-69-87(70-62-83)99-75-39-15-7-3-11-23-43-79-49-29-19-30-50-79)84-63-71-88(72-64-84)100-76-40-16-8-4-12-24-44-80-51-31-20-32-52-80/h17-20,25-36,45-72H,1-16,21-24,37-44,73-76H2. The number of hydrogen-bond donors (Lipinski definition) is 0. The van der Waals surface area contributed by atoms with Gasteiger partial charge in [0.05, 0.1) is 37.8 Å². The Morgan fingerprint density at radius 3 is 0.560 bits per heavy atom. The summed E-state index contributed by atoms with van der Waals surface area (Å²) in [6.45, 7) is 2.81. The molecule has 0 saturated heterocycles. The lowest BCUT2D eigenvalue weighted by Crippen LogP contribution is -2.14. The summed E-state index contributed by atoms with van der Waals surface area (Å²) >= 11 is 0. The Bertz CT molecular complexity index is 3490. The van der Waals surface area contributed by atoms with Gasteiger partial charge in [0.1, 0.15) is 23.0 Å². The van der Waals surface area contributed by atoms with Gasteiger partial charge < -0.3 is 28.7 Å². The molecule has 0 unspecified atom stereocenters. The molecular formula is C94H108N2O4. The minimum Gasteiger partial charge on any atom is -0.494 e. The Kier molecular flexibility index (Phi) is 29.8. The largest absolute Gasteiger partial charge is 0.494 e. The first-order valence-electron chi connectivity index (χ1n) is 38.3. The molecule has 11 aromatic rings. The third-order valence-corrected chi connectivity index (χ3v) is 19.6. The third kappa shape index (κ3) is 22.9. The van der Waals surface area contributed by atoms with Crippen molar-refractivity contribution in [2.24, 2.45) is 0 Å². The maximum Gasteiger partial charge on any atom is 0.119 e. The SMILES string of the molecule is c1ccc(CCCCCCCCOc2ccc(N(c3ccc(OCCCCCCCCc4ccccc4)cc3)c3c4ccccc4c(N(c4ccc(OCCCCCCCCc5ccccc5)cc4)c4ccc(OCCCCCCCCc5ccccc5)cc4)c4ccccc34)cc2)cc1. The molecule has 0 bridgehead atoms. The third-order valence-electron chi connectivity index (χ3n) is 19.6. The molecule has 0 aromatic heterocycles. The highest BCUT2D eigenvalue weighted by atomic mass is 16.5. The minimum atomic E-state index is 0.703. The zero-order chi connectivity index (χ0) is 68.1. The van der Waals surface area contributed by atoms with Gasteiger partial charge in [-0.2, -0.15) is 0 Å². The quantitative estimate of drug-likeness (QED) is 0.0215. The van der Waals surface area contributed by atoms with Crippen molar-refractivity contribution >= 4 is 55.7 Å². The monoisotopic (exact) mass is 1330 g/mol. The van der Waals surface area contributed by atoms with E-state index in [1.165, 1.54) is 151 Å². The molecule has 100 heavy (non-hydrogen) atoms. The highest BCUT2D eigenvalue weighted by Crippen LogP contribution is 2.51. The lowest BCUT2D eigenvalue weighted by atomic mass is 9.95. The van der Waals surface area contributed by atoms with Crippen LogP contribution in [0.5, 0.6) is 23.0 Å². The lowest BCUT2D eigenvalue weighted by molar-refractivity contribution is 0.304. The number of anilines is 6. The van der Waals surface area contributed by atoms with Crippen LogP contribution in [0.4, 0.5) is 34.1 Å². The van der Waals surface area contributed by atoms with Gasteiger partial charge in [0, 0.05) is 44.3 Å². The first kappa shape index (κ1) is 72.0. The molecule has 0 fully saturated rings. The number of ether oxygens (including phenoxy) is 4. The molecule has 0 saturated carbocycles. The lowest BCUT2D eigenvalue weighted by Gasteiger charge is -2.33. The van der Waals surface area contributed by atoms with Gasteiger partial charge in [0.15, 0.2) is 0 Å². The zero-order valence-electron chi connectivity index (χ0n) is 59.6. The van der Waals surface area contributed by atoms with Crippen LogP contribution < -0.4 is 28.7 Å². The second-order valence-electron chi connectivity index (χ2n) is 27.3. The summed E-state index contributed by atoms with van der Waals surface area (Å²) < 4.78 is 25.9. The maximum atomic E-state index is 6.48. The highest BCUT2D eigenvalue weighted by Gasteiger charge is 2.26. The first-order chi connectivity index (χ1) is 49.7. The highest BCUT2D eigenvalue weighted by molar-refractivity contribution is 6.23. The van der Waals surface area contributed by atoms with Gasteiger partial charge >= 0.3 is 0 Å². The van der Waals surface area contributed by atoms with E-state index in [-0.39, 0.29) is 0 Å². The molecule has 6 nitrogen and oxygen atoms in total. The maximum absolute atomic E-state index is 6.48. The first-order valence-corrected chi connectivity index (χ1v) is 38.3. The predicted octanol–water partition coefficient (Wildman–Crippen LogP) is 26.8. The van der Waals surface area contributed by atoms with E-state index in [1.54, 1.807) is 0 Å². The zero-order valence-corrected chi connectivity index (χ0v) is 59.6. The van der Waals surface area contributed by atoms with Gasteiger partial charge in [0.25, 0.3) is 0 Å². The van der Waals surface area contributed by atoms with Crippen LogP contribution in [0, 0.1) is 0 Å². The van der Waals surface area contributed by atoms with Crippen molar-refractivity contribution in [3.05, 3.63) is 289 Å². The Labute approximate surface area is 599 Å². The summed E-state index contributed by atoms with van der Waals surface area (Å²) in [6.07, 6.45) is 33.6. The van der Waals surface area contributed by atoms with Crippen LogP contribution in [-0.2, 0) is 25.7 Å². The van der Waals surface area contributed by atoms with Gasteiger partial charge in [-0.1, -0.05) is 273 Å². The van der Waals surface area contributed by atoms with Crippen LogP contribution in [0.2, 0.25) is 0 Å². The van der Waals surface area contributed by atoms with E-state index in [0.29, 0.717) is 26.4 Å². The molecule has 0 aliphatic heterocycles. The number of fused-ring (bicyclic) bond motifs is 2. The van der Waals surface area contributed by atoms with Crippen molar-refractivity contribution in [1.29, 1.82) is 0 Å². The van der Waals surface area contributed by atoms with E-state index in [2.05, 4.69) is 277 Å². The Hall–Kier alpha value is -9.26. The second-order valence-corrected chi connectivity index (χ2v) is 27.3. The molecule has 0 amide bonds. The minimum absolute atomic E-state index is 0.703. The van der Waals surface area contributed by atoms with E-state index in [9.17, 15) is 0 Å². The van der Waals surface area contributed by atoms with Crippen LogP contribution in [0.3, 0.4) is 0 Å². The summed E-state index contributed by atoms with van der Waals surface area (Å²) in [4.78, 5) is 4.89. The average molecular weight is 1330 g/mol. The fourth-order valence-corrected chi connectivity index (χ4v) is 14.0. The number of hydrogen-bond acceptors (Lipinski definition) is 6. The molecule has 11 aromatic carbocycles. The van der Waals surface area contributed by atoms with Gasteiger partial charge in [-0.25, -0.2) is 0 Å². The number of unbranched alkanes of at least 4 members (excludes halogenated alkanes) is 20. The van der Waals surface area contributed by atoms with E-state index in [1.807, 2.05) is 0 Å². The van der Waals surface area contributed by atoms with E-state index in [4.69, 9.17) is 18.9 Å². The van der Waals surface area contributed by atoms with Crippen molar-refractivity contribution in [3.8, 4) is 23.0 Å². The predicted molar refractivity (Wildman–Crippen MR) is 424 cm³/mol. The van der Waals surface area contributed by atoms with Crippen LogP contribution in [0.25, 0.3) is 21.5 Å². The molecule has 0 atom stereocenters. The Balaban J connectivity index is 0.816. The smallest absolute Gasteiger partial charge is 0.119 e. The molecule has 11 rings (SSSR count). The Morgan fingerprint density at radius 2 is 0.350 bits per heavy atom. The van der Waals surface area contributed by atoms with Crippen LogP contribution >= 0.6 is 0 Å². The fraction of sp³-hybridized carbons (Fsp3) is 0.340. The number of benzene rings is 11. The van der Waals surface area contributed by atoms with Gasteiger partial charge in [-0.15, -0.1) is 0 Å². The van der Waals surface area contributed by atoms with Crippen molar-refractivity contribution in [3.63, 3.8) is 0 Å². The fourth-order valence-electron chi connectivity index (χ4n) is 14.0. The van der Waals surface area contributed by atoms with E-state index >= 15 is 0 Å². The van der Waals surface area contributed by atoms with E-state index in [0.717, 1.165) is 130 Å². The average Bonchev–Trinajstić information content (AvgIpc) is 0.725. The van der Waals surface area contributed by atoms with Crippen LogP contribution in [-0.4, -0.2) is 26.4 Å². The van der Waals surface area contributed by atoms with E-state index < -0.39 is 0 Å². The molecule has 0 heterocycles. The molecule has 0 radical (unpaired) electrons. The second kappa shape index (κ2) is 41.3. The molecule has 0 aliphatic rings. The van der Waals surface area contributed by atoms with Crippen molar-refractivity contribution in [1.82, 2.24) is 0 Å². The topological polar surface area (TPSA) is 43.4 Å². The summed E-state index contributed by atoms with van der Waals surface area (Å²) in [5.74, 6) is 3.55. The molecule has 518 valence electrons. The van der Waals surface area contributed by atoms with Crippen molar-refractivity contribution < 1.29 is 18.9 Å². The number of aryl methyl sites for hydroxylation is 4. The molecule has 0 spiro atoms. The van der Waals surface area contributed by atoms with Gasteiger partial charge in [0.2, 0.25) is 0 Å². The summed E-state index contributed by atoms with van der Waals surface area (Å²) in [5, 5.41) is 4.53. The van der Waals surface area contributed by atoms with Crippen LogP contribution in [0.1, 0.15) is 176 Å². The van der Waals surface area contributed by atoms with Crippen molar-refractivity contribution in [2.75, 3.05) is 36.2 Å². The molecule has 0 aliphatic carbocycles. The number of nitrogens with zero attached hydrogens (tertiary/aromatic N) is 2.